The molecule has 0 radical (unpaired) electrons. The molecule has 0 aliphatic rings. The van der Waals surface area contributed by atoms with E-state index in [0.717, 1.165) is 6.61 Å². The normalized spacial score (nSPS) is 13.6. The lowest BCUT2D eigenvalue weighted by molar-refractivity contribution is 0.252. The molecule has 0 aromatic carbocycles. The van der Waals surface area contributed by atoms with Gasteiger partial charge in [-0.25, -0.2) is 0 Å². The fourth-order valence-electron chi connectivity index (χ4n) is 0.662. The molecule has 4 heteroatoms. The average Bonchev–Trinajstić information content (AvgIpc) is 1.85. The summed E-state index contributed by atoms with van der Waals surface area (Å²) in [5.74, 6) is 0.676. The SMILES string of the molecule is CC(C)CO[SiH2][SiH2]OC(C)C. The quantitative estimate of drug-likeness (QED) is 0.441. The zero-order chi connectivity index (χ0) is 8.69. The van der Waals surface area contributed by atoms with Gasteiger partial charge < -0.3 is 8.85 Å². The molecule has 11 heavy (non-hydrogen) atoms. The summed E-state index contributed by atoms with van der Waals surface area (Å²) >= 11 is 0. The molecule has 0 fully saturated rings. The standard InChI is InChI=1S/C7H20O2Si2/c1-6(2)5-8-10-11-9-7(3)4/h6-7H,5,10-11H2,1-4H3. The van der Waals surface area contributed by atoms with Gasteiger partial charge in [-0.05, 0) is 19.8 Å². The molecule has 0 rings (SSSR count). The average molecular weight is 192 g/mol. The molecule has 2 nitrogen and oxygen atoms in total. The first-order chi connectivity index (χ1) is 5.13. The summed E-state index contributed by atoms with van der Waals surface area (Å²) in [6.45, 7) is 9.47. The van der Waals surface area contributed by atoms with E-state index in [0.29, 0.717) is 12.0 Å². The minimum Gasteiger partial charge on any atom is -0.425 e. The van der Waals surface area contributed by atoms with Gasteiger partial charge in [0.15, 0.2) is 18.6 Å². The van der Waals surface area contributed by atoms with Crippen molar-refractivity contribution in [2.24, 2.45) is 5.92 Å². The summed E-state index contributed by atoms with van der Waals surface area (Å²) in [6, 6.07) is 0. The van der Waals surface area contributed by atoms with Crippen LogP contribution in [0.3, 0.4) is 0 Å². The van der Waals surface area contributed by atoms with E-state index in [-0.39, 0.29) is 18.6 Å². The molecule has 0 aliphatic carbocycles. The smallest absolute Gasteiger partial charge is 0.175 e. The monoisotopic (exact) mass is 192 g/mol. The van der Waals surface area contributed by atoms with Gasteiger partial charge in [-0.3, -0.25) is 0 Å². The summed E-state index contributed by atoms with van der Waals surface area (Å²) in [5.41, 5.74) is 0. The van der Waals surface area contributed by atoms with Crippen molar-refractivity contribution in [2.45, 2.75) is 33.8 Å². The molecule has 0 heterocycles. The third-order valence-electron chi connectivity index (χ3n) is 1.13. The van der Waals surface area contributed by atoms with Crippen molar-refractivity contribution in [1.82, 2.24) is 0 Å². The van der Waals surface area contributed by atoms with Crippen LogP contribution in [0.4, 0.5) is 0 Å². The molecular weight excluding hydrogens is 172 g/mol. The van der Waals surface area contributed by atoms with Crippen molar-refractivity contribution in [3.05, 3.63) is 0 Å². The van der Waals surface area contributed by atoms with E-state index in [1.807, 2.05) is 0 Å². The second-order valence-corrected chi connectivity index (χ2v) is 7.40. The van der Waals surface area contributed by atoms with Gasteiger partial charge in [-0.15, -0.1) is 0 Å². The molecule has 0 aromatic rings. The zero-order valence-electron chi connectivity index (χ0n) is 8.09. The highest BCUT2D eigenvalue weighted by molar-refractivity contribution is 6.93. The Morgan fingerprint density at radius 3 is 2.18 bits per heavy atom. The number of rotatable bonds is 6. The molecule has 0 aromatic heterocycles. The highest BCUT2D eigenvalue weighted by Crippen LogP contribution is 1.90. The lowest BCUT2D eigenvalue weighted by atomic mass is 10.2. The van der Waals surface area contributed by atoms with E-state index < -0.39 is 0 Å². The molecule has 0 aliphatic heterocycles. The van der Waals surface area contributed by atoms with Crippen molar-refractivity contribution in [1.29, 1.82) is 0 Å². The minimum absolute atomic E-state index is 0.258. The van der Waals surface area contributed by atoms with Crippen LogP contribution in [-0.2, 0) is 8.85 Å². The first-order valence-electron chi connectivity index (χ1n) is 4.32. The largest absolute Gasteiger partial charge is 0.425 e. The minimum atomic E-state index is -0.262. The first kappa shape index (κ1) is 11.4. The van der Waals surface area contributed by atoms with Gasteiger partial charge in [0.05, 0.1) is 0 Å². The van der Waals surface area contributed by atoms with Crippen molar-refractivity contribution < 1.29 is 8.85 Å². The zero-order valence-corrected chi connectivity index (χ0v) is 10.9. The maximum Gasteiger partial charge on any atom is 0.175 e. The fraction of sp³-hybridized carbons (Fsp3) is 1.00. The van der Waals surface area contributed by atoms with Crippen molar-refractivity contribution in [3.63, 3.8) is 0 Å². The predicted octanol–water partition coefficient (Wildman–Crippen LogP) is 0.167. The molecule has 68 valence electrons. The summed E-state index contributed by atoms with van der Waals surface area (Å²) in [7, 11) is -0.520. The van der Waals surface area contributed by atoms with Gasteiger partial charge in [0.1, 0.15) is 0 Å². The first-order valence-corrected chi connectivity index (χ1v) is 9.47. The second-order valence-electron chi connectivity index (χ2n) is 3.39. The van der Waals surface area contributed by atoms with E-state index in [1.165, 1.54) is 0 Å². The summed E-state index contributed by atoms with van der Waals surface area (Å²) in [4.78, 5) is 0. The Morgan fingerprint density at radius 1 is 1.09 bits per heavy atom. The highest BCUT2D eigenvalue weighted by Gasteiger charge is 1.96. The van der Waals surface area contributed by atoms with Gasteiger partial charge in [-0.2, -0.15) is 0 Å². The van der Waals surface area contributed by atoms with E-state index in [1.54, 1.807) is 0 Å². The molecule has 0 spiro atoms. The van der Waals surface area contributed by atoms with E-state index in [4.69, 9.17) is 8.85 Å². The highest BCUT2D eigenvalue weighted by atomic mass is 29.2. The Morgan fingerprint density at radius 2 is 1.73 bits per heavy atom. The van der Waals surface area contributed by atoms with Crippen molar-refractivity contribution in [3.8, 4) is 0 Å². The summed E-state index contributed by atoms with van der Waals surface area (Å²) < 4.78 is 11.0. The van der Waals surface area contributed by atoms with Crippen LogP contribution in [0.15, 0.2) is 0 Å². The van der Waals surface area contributed by atoms with Crippen LogP contribution in [0.25, 0.3) is 0 Å². The van der Waals surface area contributed by atoms with Gasteiger partial charge in [-0.1, -0.05) is 13.8 Å². The van der Waals surface area contributed by atoms with Crippen molar-refractivity contribution in [2.75, 3.05) is 6.61 Å². The lowest BCUT2D eigenvalue weighted by Crippen LogP contribution is -2.18. The van der Waals surface area contributed by atoms with Crippen LogP contribution in [-0.4, -0.2) is 31.3 Å². The van der Waals surface area contributed by atoms with E-state index >= 15 is 0 Å². The van der Waals surface area contributed by atoms with Gasteiger partial charge in [0.25, 0.3) is 0 Å². The summed E-state index contributed by atoms with van der Waals surface area (Å²) in [6.07, 6.45) is 0.414. The second kappa shape index (κ2) is 7.03. The van der Waals surface area contributed by atoms with Crippen LogP contribution >= 0.6 is 0 Å². The molecule has 0 saturated carbocycles. The maximum absolute atomic E-state index is 5.52. The maximum atomic E-state index is 5.52. The van der Waals surface area contributed by atoms with Crippen LogP contribution < -0.4 is 0 Å². The van der Waals surface area contributed by atoms with Crippen LogP contribution in [0.5, 0.6) is 0 Å². The molecular formula is C7H20O2Si2. The molecule has 0 unspecified atom stereocenters. The van der Waals surface area contributed by atoms with Gasteiger partial charge in [0.2, 0.25) is 0 Å². The van der Waals surface area contributed by atoms with E-state index in [2.05, 4.69) is 27.7 Å². The topological polar surface area (TPSA) is 18.5 Å². The van der Waals surface area contributed by atoms with Crippen LogP contribution in [0.1, 0.15) is 27.7 Å². The molecule has 0 bridgehead atoms. The Kier molecular flexibility index (Phi) is 7.25. The van der Waals surface area contributed by atoms with Crippen molar-refractivity contribution >= 4 is 18.6 Å². The predicted molar refractivity (Wildman–Crippen MR) is 54.1 cm³/mol. The summed E-state index contributed by atoms with van der Waals surface area (Å²) in [5, 5.41) is 0. The van der Waals surface area contributed by atoms with Gasteiger partial charge in [0, 0.05) is 12.7 Å². The molecule has 0 saturated heterocycles. The van der Waals surface area contributed by atoms with E-state index in [9.17, 15) is 0 Å². The Hall–Kier alpha value is 0.354. The Labute approximate surface area is 74.3 Å². The Bertz CT molecular complexity index is 76.5. The number of hydrogen-bond acceptors (Lipinski definition) is 2. The third kappa shape index (κ3) is 10.4. The molecule has 0 N–H and O–H groups in total. The molecule has 0 amide bonds. The van der Waals surface area contributed by atoms with Crippen LogP contribution in [0, 0.1) is 5.92 Å². The lowest BCUT2D eigenvalue weighted by Gasteiger charge is -2.08. The fourth-order valence-corrected chi connectivity index (χ4v) is 4.54. The Balaban J connectivity index is 2.91. The third-order valence-corrected chi connectivity index (χ3v) is 4.80. The number of hydrogen-bond donors (Lipinski definition) is 0. The molecule has 0 atom stereocenters. The van der Waals surface area contributed by atoms with Gasteiger partial charge >= 0.3 is 0 Å². The van der Waals surface area contributed by atoms with Crippen LogP contribution in [0.2, 0.25) is 0 Å².